The van der Waals surface area contributed by atoms with Crippen LogP contribution in [0.2, 0.25) is 0 Å². The summed E-state index contributed by atoms with van der Waals surface area (Å²) in [4.78, 5) is 16.1. The SMILES string of the molecule is C#Cc1ccc(C2=N[C@@H](C(=O)NCC)[C@H](C)O2)c(O)c1. The van der Waals surface area contributed by atoms with Crippen molar-refractivity contribution in [2.24, 2.45) is 4.99 Å². The number of hydrogen-bond acceptors (Lipinski definition) is 4. The van der Waals surface area contributed by atoms with E-state index in [2.05, 4.69) is 16.2 Å². The molecule has 2 rings (SSSR count). The number of carbonyl (C=O) groups excluding carboxylic acids is 1. The minimum atomic E-state index is -0.600. The molecule has 0 aromatic heterocycles. The van der Waals surface area contributed by atoms with Gasteiger partial charge < -0.3 is 15.2 Å². The summed E-state index contributed by atoms with van der Waals surface area (Å²) < 4.78 is 5.56. The van der Waals surface area contributed by atoms with E-state index in [4.69, 9.17) is 11.2 Å². The molecule has 1 aliphatic heterocycles. The Labute approximate surface area is 117 Å². The summed E-state index contributed by atoms with van der Waals surface area (Å²) >= 11 is 0. The largest absolute Gasteiger partial charge is 0.507 e. The summed E-state index contributed by atoms with van der Waals surface area (Å²) in [5.74, 6) is 2.50. The number of amides is 1. The van der Waals surface area contributed by atoms with Gasteiger partial charge in [0.2, 0.25) is 11.8 Å². The maximum atomic E-state index is 11.8. The smallest absolute Gasteiger partial charge is 0.248 e. The van der Waals surface area contributed by atoms with E-state index < -0.39 is 6.04 Å². The second kappa shape index (κ2) is 5.66. The van der Waals surface area contributed by atoms with E-state index in [-0.39, 0.29) is 23.7 Å². The molecule has 0 spiro atoms. The van der Waals surface area contributed by atoms with Crippen molar-refractivity contribution in [3.05, 3.63) is 29.3 Å². The number of likely N-dealkylation sites (N-methyl/N-ethyl adjacent to an activating group) is 1. The van der Waals surface area contributed by atoms with Gasteiger partial charge in [-0.1, -0.05) is 5.92 Å². The van der Waals surface area contributed by atoms with Crippen LogP contribution in [0.15, 0.2) is 23.2 Å². The maximum absolute atomic E-state index is 11.8. The van der Waals surface area contributed by atoms with E-state index in [0.717, 1.165) is 0 Å². The summed E-state index contributed by atoms with van der Waals surface area (Å²) in [5.41, 5.74) is 1.00. The Morgan fingerprint density at radius 1 is 1.60 bits per heavy atom. The van der Waals surface area contributed by atoms with Crippen LogP contribution in [0.3, 0.4) is 0 Å². The van der Waals surface area contributed by atoms with Crippen molar-refractivity contribution in [2.45, 2.75) is 26.0 Å². The molecule has 1 aliphatic rings. The Balaban J connectivity index is 2.28. The van der Waals surface area contributed by atoms with E-state index in [1.165, 1.54) is 6.07 Å². The Kier molecular flexibility index (Phi) is 3.94. The number of nitrogens with zero attached hydrogens (tertiary/aromatic N) is 1. The summed E-state index contributed by atoms with van der Waals surface area (Å²) in [6.07, 6.45) is 4.89. The van der Waals surface area contributed by atoms with Gasteiger partial charge in [0.1, 0.15) is 11.9 Å². The van der Waals surface area contributed by atoms with Gasteiger partial charge in [0, 0.05) is 12.1 Å². The third-order valence-corrected chi connectivity index (χ3v) is 3.01. The van der Waals surface area contributed by atoms with Crippen molar-refractivity contribution in [3.8, 4) is 18.1 Å². The Bertz CT molecular complexity index is 602. The maximum Gasteiger partial charge on any atom is 0.248 e. The summed E-state index contributed by atoms with van der Waals surface area (Å²) in [5, 5.41) is 12.6. The second-order valence-corrected chi connectivity index (χ2v) is 4.47. The van der Waals surface area contributed by atoms with Gasteiger partial charge in [0.05, 0.1) is 5.56 Å². The normalized spacial score (nSPS) is 20.8. The van der Waals surface area contributed by atoms with Crippen LogP contribution in [-0.4, -0.2) is 35.6 Å². The lowest BCUT2D eigenvalue weighted by atomic mass is 10.1. The van der Waals surface area contributed by atoms with Crippen LogP contribution in [-0.2, 0) is 9.53 Å². The molecule has 1 aromatic carbocycles. The van der Waals surface area contributed by atoms with Gasteiger partial charge >= 0.3 is 0 Å². The number of nitrogens with one attached hydrogen (secondary N) is 1. The number of aromatic hydroxyl groups is 1. The van der Waals surface area contributed by atoms with Crippen molar-refractivity contribution in [1.29, 1.82) is 0 Å². The Morgan fingerprint density at radius 3 is 2.95 bits per heavy atom. The third kappa shape index (κ3) is 2.59. The molecule has 104 valence electrons. The quantitative estimate of drug-likeness (QED) is 0.808. The van der Waals surface area contributed by atoms with Crippen molar-refractivity contribution < 1.29 is 14.6 Å². The number of phenols is 1. The van der Waals surface area contributed by atoms with Gasteiger partial charge in [-0.25, -0.2) is 4.99 Å². The fraction of sp³-hybridized carbons (Fsp3) is 0.333. The topological polar surface area (TPSA) is 70.9 Å². The number of carbonyl (C=O) groups is 1. The van der Waals surface area contributed by atoms with Crippen LogP contribution in [0.1, 0.15) is 25.0 Å². The number of ether oxygens (including phenoxy) is 1. The number of rotatable bonds is 3. The van der Waals surface area contributed by atoms with Gasteiger partial charge in [-0.2, -0.15) is 0 Å². The molecule has 5 nitrogen and oxygen atoms in total. The third-order valence-electron chi connectivity index (χ3n) is 3.01. The lowest BCUT2D eigenvalue weighted by molar-refractivity contribution is -0.123. The summed E-state index contributed by atoms with van der Waals surface area (Å²) in [6.45, 7) is 4.14. The number of phenolic OH excluding ortho intramolecular Hbond substituents is 1. The molecular weight excluding hydrogens is 256 g/mol. The van der Waals surface area contributed by atoms with Crippen LogP contribution in [0, 0.1) is 12.3 Å². The molecule has 0 saturated carbocycles. The highest BCUT2D eigenvalue weighted by Crippen LogP contribution is 2.25. The van der Waals surface area contributed by atoms with Gasteiger partial charge in [-0.3, -0.25) is 4.79 Å². The van der Waals surface area contributed by atoms with Gasteiger partial charge in [-0.15, -0.1) is 6.42 Å². The molecule has 1 amide bonds. The molecule has 20 heavy (non-hydrogen) atoms. The van der Waals surface area contributed by atoms with E-state index in [9.17, 15) is 9.90 Å². The van der Waals surface area contributed by atoms with E-state index in [0.29, 0.717) is 17.7 Å². The fourth-order valence-corrected chi connectivity index (χ4v) is 1.99. The van der Waals surface area contributed by atoms with E-state index in [1.807, 2.05) is 6.92 Å². The molecule has 0 saturated heterocycles. The fourth-order valence-electron chi connectivity index (χ4n) is 1.99. The van der Waals surface area contributed by atoms with Crippen LogP contribution in [0.4, 0.5) is 0 Å². The zero-order chi connectivity index (χ0) is 14.7. The zero-order valence-electron chi connectivity index (χ0n) is 11.4. The van der Waals surface area contributed by atoms with Crippen molar-refractivity contribution in [1.82, 2.24) is 5.32 Å². The molecule has 1 aromatic rings. The average Bonchev–Trinajstić information content (AvgIpc) is 2.80. The molecule has 0 aliphatic carbocycles. The highest BCUT2D eigenvalue weighted by molar-refractivity contribution is 6.00. The van der Waals surface area contributed by atoms with E-state index >= 15 is 0 Å². The molecule has 1 heterocycles. The van der Waals surface area contributed by atoms with Crippen molar-refractivity contribution >= 4 is 11.8 Å². The van der Waals surface area contributed by atoms with Crippen molar-refractivity contribution in [3.63, 3.8) is 0 Å². The molecule has 0 unspecified atom stereocenters. The van der Waals surface area contributed by atoms with Crippen molar-refractivity contribution in [2.75, 3.05) is 6.54 Å². The van der Waals surface area contributed by atoms with Crippen LogP contribution >= 0.6 is 0 Å². The van der Waals surface area contributed by atoms with Crippen LogP contribution < -0.4 is 5.32 Å². The molecule has 2 N–H and O–H groups in total. The molecular formula is C15H16N2O3. The minimum absolute atomic E-state index is 0.0112. The highest BCUT2D eigenvalue weighted by atomic mass is 16.5. The average molecular weight is 272 g/mol. The number of hydrogen-bond donors (Lipinski definition) is 2. The molecule has 0 fully saturated rings. The summed E-state index contributed by atoms with van der Waals surface area (Å²) in [7, 11) is 0. The number of aliphatic imine (C=N–C) groups is 1. The first kappa shape index (κ1) is 13.9. The van der Waals surface area contributed by atoms with Gasteiger partial charge in [0.15, 0.2) is 6.04 Å². The van der Waals surface area contributed by atoms with Gasteiger partial charge in [0.25, 0.3) is 0 Å². The molecule has 5 heteroatoms. The first-order chi connectivity index (χ1) is 9.56. The Hall–Kier alpha value is -2.48. The Morgan fingerprint density at radius 2 is 2.35 bits per heavy atom. The van der Waals surface area contributed by atoms with E-state index in [1.54, 1.807) is 19.1 Å². The first-order valence-corrected chi connectivity index (χ1v) is 6.39. The first-order valence-electron chi connectivity index (χ1n) is 6.39. The molecule has 0 radical (unpaired) electrons. The lowest BCUT2D eigenvalue weighted by Gasteiger charge is -2.12. The predicted octanol–water partition coefficient (Wildman–Crippen LogP) is 1.04. The number of benzene rings is 1. The standard InChI is InChI=1S/C15H16N2O3/c1-4-10-6-7-11(12(18)8-10)15-17-13(9(3)20-15)14(19)16-5-2/h1,6-9,13,18H,5H2,2-3H3,(H,16,19)/t9-,13+/m0/s1. The zero-order valence-corrected chi connectivity index (χ0v) is 11.4. The minimum Gasteiger partial charge on any atom is -0.507 e. The lowest BCUT2D eigenvalue weighted by Crippen LogP contribution is -2.38. The van der Waals surface area contributed by atoms with Gasteiger partial charge in [-0.05, 0) is 32.0 Å². The monoisotopic (exact) mass is 272 g/mol. The molecule has 2 atom stereocenters. The number of terminal acetylenes is 1. The summed E-state index contributed by atoms with van der Waals surface area (Å²) in [6, 6.07) is 4.18. The van der Waals surface area contributed by atoms with Crippen LogP contribution in [0.5, 0.6) is 5.75 Å². The van der Waals surface area contributed by atoms with Crippen LogP contribution in [0.25, 0.3) is 0 Å². The highest BCUT2D eigenvalue weighted by Gasteiger charge is 2.34. The second-order valence-electron chi connectivity index (χ2n) is 4.47. The predicted molar refractivity (Wildman–Crippen MR) is 75.6 cm³/mol. The molecule has 0 bridgehead atoms.